The van der Waals surface area contributed by atoms with Crippen LogP contribution in [-0.4, -0.2) is 22.7 Å². The molecule has 0 aliphatic carbocycles. The Hall–Kier alpha value is -2.89. The topological polar surface area (TPSA) is 83.9 Å². The van der Waals surface area contributed by atoms with Gasteiger partial charge in [0.05, 0.1) is 17.7 Å². The number of anilines is 1. The van der Waals surface area contributed by atoms with Crippen LogP contribution in [0.15, 0.2) is 42.6 Å². The van der Waals surface area contributed by atoms with Crippen molar-refractivity contribution >= 4 is 5.69 Å². The van der Waals surface area contributed by atoms with E-state index in [0.717, 1.165) is 11.3 Å². The van der Waals surface area contributed by atoms with Gasteiger partial charge < -0.3 is 10.0 Å². The molecule has 1 fully saturated rings. The number of hydrogen-bond donors (Lipinski definition) is 1. The van der Waals surface area contributed by atoms with E-state index in [1.807, 2.05) is 25.1 Å². The van der Waals surface area contributed by atoms with Crippen molar-refractivity contribution in [2.24, 2.45) is 0 Å². The zero-order valence-electron chi connectivity index (χ0n) is 12.8. The van der Waals surface area contributed by atoms with Crippen LogP contribution < -0.4 is 4.90 Å². The standard InChI is InChI=1S/C18H16N4O/c1-13-18(23,15-4-5-16(11-20)21-12-15)8-9-22(13)17-6-2-14(10-19)3-7-17/h2-7,12-13,23H,8-9H2,1H3/t13-,18-/m0/s1. The summed E-state index contributed by atoms with van der Waals surface area (Å²) in [5.41, 5.74) is 1.66. The number of aromatic nitrogens is 1. The van der Waals surface area contributed by atoms with Gasteiger partial charge in [-0.2, -0.15) is 10.5 Å². The van der Waals surface area contributed by atoms with Gasteiger partial charge in [0.25, 0.3) is 0 Å². The van der Waals surface area contributed by atoms with Gasteiger partial charge in [-0.25, -0.2) is 4.98 Å². The van der Waals surface area contributed by atoms with Crippen LogP contribution in [0.25, 0.3) is 0 Å². The summed E-state index contributed by atoms with van der Waals surface area (Å²) >= 11 is 0. The number of rotatable bonds is 2. The third-order valence-corrected chi connectivity index (χ3v) is 4.60. The summed E-state index contributed by atoms with van der Waals surface area (Å²) in [4.78, 5) is 6.19. The van der Waals surface area contributed by atoms with Gasteiger partial charge in [-0.15, -0.1) is 0 Å². The molecule has 2 heterocycles. The lowest BCUT2D eigenvalue weighted by Crippen LogP contribution is -2.40. The van der Waals surface area contributed by atoms with Gasteiger partial charge in [0, 0.05) is 24.0 Å². The van der Waals surface area contributed by atoms with Crippen LogP contribution >= 0.6 is 0 Å². The molecule has 1 aliphatic heterocycles. The molecule has 1 saturated heterocycles. The number of nitriles is 2. The highest BCUT2D eigenvalue weighted by molar-refractivity contribution is 5.53. The number of aliphatic hydroxyl groups is 1. The molecule has 0 unspecified atom stereocenters. The SMILES string of the molecule is C[C@@H]1N(c2ccc(C#N)cc2)CC[C@@]1(O)c1ccc(C#N)nc1. The Balaban J connectivity index is 1.88. The fourth-order valence-corrected chi connectivity index (χ4v) is 3.13. The fraction of sp³-hybridized carbons (Fsp3) is 0.278. The van der Waals surface area contributed by atoms with Crippen molar-refractivity contribution in [3.05, 3.63) is 59.4 Å². The quantitative estimate of drug-likeness (QED) is 0.920. The first kappa shape index (κ1) is 15.0. The van der Waals surface area contributed by atoms with Gasteiger partial charge in [-0.3, -0.25) is 0 Å². The Morgan fingerprint density at radius 2 is 1.91 bits per heavy atom. The molecule has 1 aromatic carbocycles. The maximum atomic E-state index is 11.1. The first-order valence-corrected chi connectivity index (χ1v) is 7.44. The minimum atomic E-state index is -1.01. The normalized spacial score (nSPS) is 23.3. The molecule has 0 amide bonds. The summed E-state index contributed by atoms with van der Waals surface area (Å²) in [5, 5.41) is 28.8. The first-order chi connectivity index (χ1) is 11.1. The van der Waals surface area contributed by atoms with E-state index in [0.29, 0.717) is 24.2 Å². The van der Waals surface area contributed by atoms with Gasteiger partial charge in [-0.05, 0) is 43.7 Å². The molecule has 2 atom stereocenters. The number of pyridine rings is 1. The fourth-order valence-electron chi connectivity index (χ4n) is 3.13. The largest absolute Gasteiger partial charge is 0.383 e. The summed E-state index contributed by atoms with van der Waals surface area (Å²) in [5.74, 6) is 0. The summed E-state index contributed by atoms with van der Waals surface area (Å²) in [6.45, 7) is 2.69. The lowest BCUT2D eigenvalue weighted by Gasteiger charge is -2.32. The molecule has 0 saturated carbocycles. The van der Waals surface area contributed by atoms with Crippen molar-refractivity contribution in [3.63, 3.8) is 0 Å². The second kappa shape index (κ2) is 5.72. The molecule has 1 aliphatic rings. The summed E-state index contributed by atoms with van der Waals surface area (Å²) < 4.78 is 0. The summed E-state index contributed by atoms with van der Waals surface area (Å²) in [7, 11) is 0. The van der Waals surface area contributed by atoms with Gasteiger partial charge in [0.1, 0.15) is 17.4 Å². The number of nitrogens with zero attached hydrogens (tertiary/aromatic N) is 4. The molecule has 0 bridgehead atoms. The van der Waals surface area contributed by atoms with Crippen LogP contribution in [-0.2, 0) is 5.60 Å². The maximum Gasteiger partial charge on any atom is 0.140 e. The summed E-state index contributed by atoms with van der Waals surface area (Å²) in [6, 6.07) is 14.7. The van der Waals surface area contributed by atoms with Crippen molar-refractivity contribution in [3.8, 4) is 12.1 Å². The highest BCUT2D eigenvalue weighted by Gasteiger charge is 2.45. The summed E-state index contributed by atoms with van der Waals surface area (Å²) in [6.07, 6.45) is 2.17. The van der Waals surface area contributed by atoms with E-state index in [2.05, 4.69) is 16.0 Å². The van der Waals surface area contributed by atoms with Gasteiger partial charge in [0.2, 0.25) is 0 Å². The van der Waals surface area contributed by atoms with E-state index in [9.17, 15) is 5.11 Å². The molecule has 0 spiro atoms. The van der Waals surface area contributed by atoms with Crippen molar-refractivity contribution in [1.29, 1.82) is 10.5 Å². The Kier molecular flexibility index (Phi) is 3.73. The van der Waals surface area contributed by atoms with Gasteiger partial charge in [-0.1, -0.05) is 6.07 Å². The highest BCUT2D eigenvalue weighted by atomic mass is 16.3. The average Bonchev–Trinajstić information content (AvgIpc) is 2.91. The Labute approximate surface area is 135 Å². The monoisotopic (exact) mass is 304 g/mol. The predicted octanol–water partition coefficient (Wildman–Crippen LogP) is 2.31. The van der Waals surface area contributed by atoms with Crippen LogP contribution in [0, 0.1) is 22.7 Å². The second-order valence-corrected chi connectivity index (χ2v) is 5.75. The molecule has 1 N–H and O–H groups in total. The number of hydrogen-bond acceptors (Lipinski definition) is 5. The highest BCUT2D eigenvalue weighted by Crippen LogP contribution is 2.39. The maximum absolute atomic E-state index is 11.1. The van der Waals surface area contributed by atoms with Gasteiger partial charge in [0.15, 0.2) is 0 Å². The molecule has 5 nitrogen and oxygen atoms in total. The van der Waals surface area contributed by atoms with E-state index in [1.165, 1.54) is 0 Å². The predicted molar refractivity (Wildman–Crippen MR) is 85.4 cm³/mol. The minimum absolute atomic E-state index is 0.134. The smallest absolute Gasteiger partial charge is 0.140 e. The Morgan fingerprint density at radius 1 is 1.17 bits per heavy atom. The Morgan fingerprint density at radius 3 is 2.48 bits per heavy atom. The lowest BCUT2D eigenvalue weighted by atomic mass is 9.88. The third kappa shape index (κ3) is 2.52. The van der Waals surface area contributed by atoms with Crippen LogP contribution in [0.2, 0.25) is 0 Å². The number of benzene rings is 1. The van der Waals surface area contributed by atoms with E-state index in [-0.39, 0.29) is 6.04 Å². The van der Waals surface area contributed by atoms with E-state index >= 15 is 0 Å². The van der Waals surface area contributed by atoms with Crippen molar-refractivity contribution in [1.82, 2.24) is 4.98 Å². The van der Waals surface area contributed by atoms with E-state index in [4.69, 9.17) is 10.5 Å². The van der Waals surface area contributed by atoms with Gasteiger partial charge >= 0.3 is 0 Å². The zero-order chi connectivity index (χ0) is 16.4. The van der Waals surface area contributed by atoms with E-state index in [1.54, 1.807) is 30.5 Å². The van der Waals surface area contributed by atoms with Crippen LogP contribution in [0.5, 0.6) is 0 Å². The molecule has 2 aromatic rings. The molecule has 3 rings (SSSR count). The van der Waals surface area contributed by atoms with Crippen molar-refractivity contribution in [2.75, 3.05) is 11.4 Å². The van der Waals surface area contributed by atoms with Crippen LogP contribution in [0.3, 0.4) is 0 Å². The molecule has 5 heteroatoms. The average molecular weight is 304 g/mol. The van der Waals surface area contributed by atoms with E-state index < -0.39 is 5.60 Å². The van der Waals surface area contributed by atoms with Crippen LogP contribution in [0.1, 0.15) is 30.2 Å². The van der Waals surface area contributed by atoms with Crippen LogP contribution in [0.4, 0.5) is 5.69 Å². The molecule has 0 radical (unpaired) electrons. The first-order valence-electron chi connectivity index (χ1n) is 7.44. The molecule has 23 heavy (non-hydrogen) atoms. The molecule has 1 aromatic heterocycles. The minimum Gasteiger partial charge on any atom is -0.383 e. The molecular formula is C18H16N4O. The zero-order valence-corrected chi connectivity index (χ0v) is 12.8. The third-order valence-electron chi connectivity index (χ3n) is 4.60. The second-order valence-electron chi connectivity index (χ2n) is 5.75. The van der Waals surface area contributed by atoms with Crippen molar-refractivity contribution in [2.45, 2.75) is 25.0 Å². The Bertz CT molecular complexity index is 786. The van der Waals surface area contributed by atoms with Crippen molar-refractivity contribution < 1.29 is 5.11 Å². The lowest BCUT2D eigenvalue weighted by molar-refractivity contribution is 0.0326. The molecular weight excluding hydrogens is 288 g/mol. The molecule has 114 valence electrons.